The second-order valence-corrected chi connectivity index (χ2v) is 8.90. The number of aliphatic hydroxyl groups is 1. The van der Waals surface area contributed by atoms with E-state index >= 15 is 0 Å². The Balaban J connectivity index is 1.68. The average Bonchev–Trinajstić information content (AvgIpc) is 3.19. The van der Waals surface area contributed by atoms with Crippen LogP contribution in [-0.4, -0.2) is 56.2 Å². The lowest BCUT2D eigenvalue weighted by atomic mass is 9.95. The predicted molar refractivity (Wildman–Crippen MR) is 142 cm³/mol. The van der Waals surface area contributed by atoms with Crippen LogP contribution in [-0.2, 0) is 20.9 Å². The zero-order chi connectivity index (χ0) is 27.2. The summed E-state index contributed by atoms with van der Waals surface area (Å²) in [7, 11) is 4.55. The van der Waals surface area contributed by atoms with Gasteiger partial charge in [-0.25, -0.2) is 0 Å². The number of carbonyl (C=O) groups excluding carboxylic acids is 2. The number of ether oxygens (including phenoxy) is 4. The first-order chi connectivity index (χ1) is 18.4. The number of benzene rings is 3. The molecule has 4 rings (SSSR count). The van der Waals surface area contributed by atoms with E-state index in [0.29, 0.717) is 35.0 Å². The van der Waals surface area contributed by atoms with E-state index in [9.17, 15) is 14.7 Å². The fourth-order valence-corrected chi connectivity index (χ4v) is 4.50. The number of ketones is 1. The lowest BCUT2D eigenvalue weighted by Gasteiger charge is -2.25. The van der Waals surface area contributed by atoms with Crippen LogP contribution >= 0.6 is 0 Å². The van der Waals surface area contributed by atoms with Gasteiger partial charge in [0.25, 0.3) is 11.7 Å². The van der Waals surface area contributed by atoms with E-state index in [2.05, 4.69) is 6.07 Å². The summed E-state index contributed by atoms with van der Waals surface area (Å²) < 4.78 is 21.8. The van der Waals surface area contributed by atoms with E-state index in [0.717, 1.165) is 11.1 Å². The third-order valence-corrected chi connectivity index (χ3v) is 6.42. The van der Waals surface area contributed by atoms with Crippen LogP contribution in [0.3, 0.4) is 0 Å². The Labute approximate surface area is 222 Å². The summed E-state index contributed by atoms with van der Waals surface area (Å²) in [5.41, 5.74) is 3.17. The maximum absolute atomic E-state index is 13.2. The Kier molecular flexibility index (Phi) is 8.33. The van der Waals surface area contributed by atoms with Crippen LogP contribution in [0.15, 0.2) is 72.3 Å². The Hall–Kier alpha value is -4.30. The summed E-state index contributed by atoms with van der Waals surface area (Å²) in [5.74, 6) is -0.184. The highest BCUT2D eigenvalue weighted by molar-refractivity contribution is 6.46. The van der Waals surface area contributed by atoms with Gasteiger partial charge in [0.1, 0.15) is 18.1 Å². The van der Waals surface area contributed by atoms with Crippen molar-refractivity contribution in [1.29, 1.82) is 0 Å². The quantitative estimate of drug-likeness (QED) is 0.237. The third kappa shape index (κ3) is 5.50. The summed E-state index contributed by atoms with van der Waals surface area (Å²) in [6, 6.07) is 19.1. The molecule has 0 aliphatic carbocycles. The van der Waals surface area contributed by atoms with E-state index < -0.39 is 17.7 Å². The first-order valence-corrected chi connectivity index (χ1v) is 12.2. The number of nitrogens with zero attached hydrogens (tertiary/aromatic N) is 1. The van der Waals surface area contributed by atoms with Gasteiger partial charge >= 0.3 is 0 Å². The largest absolute Gasteiger partial charge is 0.507 e. The minimum atomic E-state index is -0.831. The summed E-state index contributed by atoms with van der Waals surface area (Å²) in [6.45, 7) is 2.82. The summed E-state index contributed by atoms with van der Waals surface area (Å²) in [6.07, 6.45) is 0. The lowest BCUT2D eigenvalue weighted by Crippen LogP contribution is -2.32. The van der Waals surface area contributed by atoms with Crippen LogP contribution < -0.4 is 14.2 Å². The number of aliphatic hydroxyl groups excluding tert-OH is 1. The normalized spacial score (nSPS) is 16.5. The van der Waals surface area contributed by atoms with Crippen LogP contribution in [0, 0.1) is 6.92 Å². The van der Waals surface area contributed by atoms with Gasteiger partial charge in [-0.2, -0.15) is 0 Å². The van der Waals surface area contributed by atoms with Crippen molar-refractivity contribution in [2.24, 2.45) is 0 Å². The molecule has 8 nitrogen and oxygen atoms in total. The molecular formula is C30H31NO7. The molecule has 3 aromatic carbocycles. The molecule has 0 bridgehead atoms. The number of hydrogen-bond donors (Lipinski definition) is 1. The second-order valence-electron chi connectivity index (χ2n) is 8.90. The Bertz CT molecular complexity index is 1350. The van der Waals surface area contributed by atoms with Gasteiger partial charge in [-0.1, -0.05) is 35.9 Å². The number of rotatable bonds is 10. The highest BCUT2D eigenvalue weighted by atomic mass is 16.5. The SMILES string of the molecule is COCCN1C(=O)C(=O)/C(=C(\O)c2ccc(OCc3cccc(C)c3)cc2)C1c1ccc(OC)c(OC)c1. The van der Waals surface area contributed by atoms with E-state index in [4.69, 9.17) is 18.9 Å². The standard InChI is InChI=1S/C30H31NO7/c1-19-6-5-7-20(16-19)18-38-23-11-8-21(9-12-23)28(32)26-27(31(14-15-35-2)30(34)29(26)33)22-10-13-24(36-3)25(17-22)37-4/h5-13,16-17,27,32H,14-15,18H2,1-4H3/b28-26-. The van der Waals surface area contributed by atoms with Crippen molar-refractivity contribution in [1.82, 2.24) is 4.90 Å². The summed E-state index contributed by atoms with van der Waals surface area (Å²) in [5, 5.41) is 11.3. The number of Topliss-reactive ketones (excluding diaryl/α,β-unsaturated/α-hetero) is 1. The van der Waals surface area contributed by atoms with Gasteiger partial charge in [0.2, 0.25) is 0 Å². The number of aryl methyl sites for hydroxylation is 1. The maximum atomic E-state index is 13.2. The van der Waals surface area contributed by atoms with Crippen molar-refractivity contribution >= 4 is 17.4 Å². The first kappa shape index (κ1) is 26.8. The molecule has 1 aliphatic heterocycles. The summed E-state index contributed by atoms with van der Waals surface area (Å²) >= 11 is 0. The van der Waals surface area contributed by atoms with Crippen LogP contribution in [0.4, 0.5) is 0 Å². The molecule has 38 heavy (non-hydrogen) atoms. The van der Waals surface area contributed by atoms with Gasteiger partial charge in [-0.3, -0.25) is 9.59 Å². The van der Waals surface area contributed by atoms with Crippen molar-refractivity contribution in [2.45, 2.75) is 19.6 Å². The van der Waals surface area contributed by atoms with Crippen LogP contribution in [0.2, 0.25) is 0 Å². The first-order valence-electron chi connectivity index (χ1n) is 12.2. The lowest BCUT2D eigenvalue weighted by molar-refractivity contribution is -0.140. The molecule has 1 atom stereocenters. The molecule has 0 radical (unpaired) electrons. The van der Waals surface area contributed by atoms with Crippen molar-refractivity contribution < 1.29 is 33.6 Å². The van der Waals surface area contributed by atoms with E-state index in [1.165, 1.54) is 26.2 Å². The molecular weight excluding hydrogens is 486 g/mol. The molecule has 0 saturated carbocycles. The van der Waals surface area contributed by atoms with Gasteiger partial charge in [-0.05, 0) is 54.4 Å². The molecule has 0 aromatic heterocycles. The fourth-order valence-electron chi connectivity index (χ4n) is 4.50. The Morgan fingerprint density at radius 3 is 2.32 bits per heavy atom. The Morgan fingerprint density at radius 2 is 1.66 bits per heavy atom. The maximum Gasteiger partial charge on any atom is 0.295 e. The van der Waals surface area contributed by atoms with Crippen LogP contribution in [0.25, 0.3) is 5.76 Å². The number of hydrogen-bond acceptors (Lipinski definition) is 7. The van der Waals surface area contributed by atoms with E-state index in [-0.39, 0.29) is 24.5 Å². The third-order valence-electron chi connectivity index (χ3n) is 6.42. The topological polar surface area (TPSA) is 94.5 Å². The van der Waals surface area contributed by atoms with Gasteiger partial charge in [0.05, 0.1) is 32.4 Å². The van der Waals surface area contributed by atoms with E-state index in [1.54, 1.807) is 42.5 Å². The molecule has 3 aromatic rings. The molecule has 1 saturated heterocycles. The number of amides is 1. The molecule has 1 N–H and O–H groups in total. The minimum absolute atomic E-state index is 0.00764. The average molecular weight is 518 g/mol. The van der Waals surface area contributed by atoms with Crippen LogP contribution in [0.1, 0.15) is 28.3 Å². The number of likely N-dealkylation sites (tertiary alicyclic amines) is 1. The van der Waals surface area contributed by atoms with E-state index in [1.807, 2.05) is 25.1 Å². The highest BCUT2D eigenvalue weighted by Crippen LogP contribution is 2.42. The molecule has 0 spiro atoms. The zero-order valence-electron chi connectivity index (χ0n) is 21.9. The molecule has 1 aliphatic rings. The van der Waals surface area contributed by atoms with Crippen molar-refractivity contribution in [3.05, 3.63) is 94.6 Å². The van der Waals surface area contributed by atoms with Crippen molar-refractivity contribution in [3.8, 4) is 17.2 Å². The van der Waals surface area contributed by atoms with Gasteiger partial charge in [0, 0.05) is 19.2 Å². The fraction of sp³-hybridized carbons (Fsp3) is 0.267. The summed E-state index contributed by atoms with van der Waals surface area (Å²) in [4.78, 5) is 27.6. The predicted octanol–water partition coefficient (Wildman–Crippen LogP) is 4.66. The molecule has 1 amide bonds. The smallest absolute Gasteiger partial charge is 0.295 e. The number of methoxy groups -OCH3 is 3. The number of carbonyl (C=O) groups is 2. The molecule has 1 unspecified atom stereocenters. The highest BCUT2D eigenvalue weighted by Gasteiger charge is 2.46. The second kappa shape index (κ2) is 11.8. The zero-order valence-corrected chi connectivity index (χ0v) is 21.9. The van der Waals surface area contributed by atoms with Crippen molar-refractivity contribution in [2.75, 3.05) is 34.5 Å². The van der Waals surface area contributed by atoms with Gasteiger partial charge < -0.3 is 29.0 Å². The van der Waals surface area contributed by atoms with Crippen molar-refractivity contribution in [3.63, 3.8) is 0 Å². The van der Waals surface area contributed by atoms with Gasteiger partial charge in [-0.15, -0.1) is 0 Å². The molecule has 1 fully saturated rings. The molecule has 198 valence electrons. The minimum Gasteiger partial charge on any atom is -0.507 e. The molecule has 8 heteroatoms. The van der Waals surface area contributed by atoms with Gasteiger partial charge in [0.15, 0.2) is 11.5 Å². The monoisotopic (exact) mass is 517 g/mol. The van der Waals surface area contributed by atoms with Crippen LogP contribution in [0.5, 0.6) is 17.2 Å². The molecule has 1 heterocycles. The Morgan fingerprint density at radius 1 is 0.921 bits per heavy atom.